The summed E-state index contributed by atoms with van der Waals surface area (Å²) < 4.78 is 5.08. The Labute approximate surface area is 105 Å². The van der Waals surface area contributed by atoms with Crippen LogP contribution < -0.4 is 4.74 Å². The lowest BCUT2D eigenvalue weighted by molar-refractivity contribution is -0.147. The summed E-state index contributed by atoms with van der Waals surface area (Å²) in [7, 11) is 1.53. The van der Waals surface area contributed by atoms with E-state index in [0.717, 1.165) is 5.56 Å². The fraction of sp³-hybridized carbons (Fsp3) is 0.462. The van der Waals surface area contributed by atoms with Gasteiger partial charge in [0, 0.05) is 12.5 Å². The van der Waals surface area contributed by atoms with Crippen molar-refractivity contribution in [3.05, 3.63) is 29.3 Å². The van der Waals surface area contributed by atoms with E-state index in [1.807, 2.05) is 0 Å². The second kappa shape index (κ2) is 4.96. The lowest BCUT2D eigenvalue weighted by atomic mass is 9.74. The number of aliphatic hydroxyl groups is 2. The van der Waals surface area contributed by atoms with Gasteiger partial charge in [-0.3, -0.25) is 4.79 Å². The molecule has 0 aromatic heterocycles. The average Bonchev–Trinajstić information content (AvgIpc) is 2.38. The van der Waals surface area contributed by atoms with Gasteiger partial charge >= 0.3 is 5.97 Å². The molecular formula is C13H16O5. The van der Waals surface area contributed by atoms with E-state index in [0.29, 0.717) is 17.7 Å². The van der Waals surface area contributed by atoms with Crippen molar-refractivity contribution in [2.75, 3.05) is 13.7 Å². The van der Waals surface area contributed by atoms with Gasteiger partial charge in [0.15, 0.2) is 0 Å². The van der Waals surface area contributed by atoms with E-state index in [9.17, 15) is 15.0 Å². The molecule has 1 aliphatic carbocycles. The number of carbonyl (C=O) groups is 1. The molecule has 0 unspecified atom stereocenters. The summed E-state index contributed by atoms with van der Waals surface area (Å²) in [5, 5.41) is 28.6. The van der Waals surface area contributed by atoms with E-state index in [-0.39, 0.29) is 6.61 Å². The standard InChI is InChI=1S/C13H16O5/c1-18-8-3-2-7-4-10(13(16)17)11(6-14)12(15)9(7)5-8/h2-3,5,10-12,14-15H,4,6H2,1H3,(H,16,17)/t10-,11-,12+/m1/s1. The van der Waals surface area contributed by atoms with Gasteiger partial charge in [-0.05, 0) is 29.7 Å². The van der Waals surface area contributed by atoms with Crippen LogP contribution in [-0.2, 0) is 11.2 Å². The maximum atomic E-state index is 11.2. The van der Waals surface area contributed by atoms with E-state index in [1.54, 1.807) is 18.2 Å². The van der Waals surface area contributed by atoms with Crippen molar-refractivity contribution < 1.29 is 24.9 Å². The number of carboxylic acids is 1. The van der Waals surface area contributed by atoms with E-state index < -0.39 is 23.9 Å². The van der Waals surface area contributed by atoms with Gasteiger partial charge in [-0.15, -0.1) is 0 Å². The van der Waals surface area contributed by atoms with Gasteiger partial charge in [0.05, 0.1) is 19.1 Å². The van der Waals surface area contributed by atoms with Crippen LogP contribution in [0.1, 0.15) is 17.2 Å². The first-order valence-electron chi connectivity index (χ1n) is 5.77. The molecule has 0 radical (unpaired) electrons. The van der Waals surface area contributed by atoms with Gasteiger partial charge in [0.2, 0.25) is 0 Å². The lowest BCUT2D eigenvalue weighted by Gasteiger charge is -2.33. The van der Waals surface area contributed by atoms with Gasteiger partial charge in [0.25, 0.3) is 0 Å². The number of ether oxygens (including phenoxy) is 1. The van der Waals surface area contributed by atoms with Gasteiger partial charge in [-0.2, -0.15) is 0 Å². The van der Waals surface area contributed by atoms with Crippen LogP contribution in [0.25, 0.3) is 0 Å². The molecule has 3 N–H and O–H groups in total. The highest BCUT2D eigenvalue weighted by Gasteiger charge is 2.39. The number of benzene rings is 1. The molecule has 1 aromatic carbocycles. The van der Waals surface area contributed by atoms with E-state index in [4.69, 9.17) is 9.84 Å². The number of aliphatic hydroxyl groups excluding tert-OH is 2. The largest absolute Gasteiger partial charge is 0.497 e. The molecule has 0 amide bonds. The molecule has 5 nitrogen and oxygen atoms in total. The number of methoxy groups -OCH3 is 1. The quantitative estimate of drug-likeness (QED) is 0.733. The Hall–Kier alpha value is -1.59. The molecular weight excluding hydrogens is 236 g/mol. The van der Waals surface area contributed by atoms with Crippen LogP contribution >= 0.6 is 0 Å². The highest BCUT2D eigenvalue weighted by Crippen LogP contribution is 2.39. The zero-order chi connectivity index (χ0) is 13.3. The fourth-order valence-electron chi connectivity index (χ4n) is 2.50. The highest BCUT2D eigenvalue weighted by atomic mass is 16.5. The highest BCUT2D eigenvalue weighted by molar-refractivity contribution is 5.71. The summed E-state index contributed by atoms with van der Waals surface area (Å²) in [5.41, 5.74) is 1.44. The molecule has 0 spiro atoms. The molecule has 0 saturated carbocycles. The molecule has 18 heavy (non-hydrogen) atoms. The zero-order valence-corrected chi connectivity index (χ0v) is 10.0. The maximum absolute atomic E-state index is 11.2. The summed E-state index contributed by atoms with van der Waals surface area (Å²) in [6.45, 7) is -0.352. The Bertz CT molecular complexity index is 457. The molecule has 1 aromatic rings. The van der Waals surface area contributed by atoms with Crippen LogP contribution in [0.5, 0.6) is 5.75 Å². The van der Waals surface area contributed by atoms with Crippen molar-refractivity contribution in [1.82, 2.24) is 0 Å². The van der Waals surface area contributed by atoms with Gasteiger partial charge < -0.3 is 20.1 Å². The first-order valence-corrected chi connectivity index (χ1v) is 5.77. The topological polar surface area (TPSA) is 87.0 Å². The second-order valence-electron chi connectivity index (χ2n) is 4.50. The summed E-state index contributed by atoms with van der Waals surface area (Å²) >= 11 is 0. The molecule has 0 aliphatic heterocycles. The summed E-state index contributed by atoms with van der Waals surface area (Å²) in [6, 6.07) is 5.20. The molecule has 2 rings (SSSR count). The number of rotatable bonds is 3. The maximum Gasteiger partial charge on any atom is 0.307 e. The van der Waals surface area contributed by atoms with Crippen molar-refractivity contribution >= 4 is 5.97 Å². The lowest BCUT2D eigenvalue weighted by Crippen LogP contribution is -2.36. The first-order chi connectivity index (χ1) is 8.58. The predicted molar refractivity (Wildman–Crippen MR) is 63.4 cm³/mol. The average molecular weight is 252 g/mol. The van der Waals surface area contributed by atoms with Crippen molar-refractivity contribution in [2.45, 2.75) is 12.5 Å². The summed E-state index contributed by atoms with van der Waals surface area (Å²) in [4.78, 5) is 11.2. The first kappa shape index (κ1) is 12.9. The van der Waals surface area contributed by atoms with Crippen LogP contribution in [0.3, 0.4) is 0 Å². The molecule has 0 heterocycles. The third-order valence-corrected chi connectivity index (χ3v) is 3.56. The van der Waals surface area contributed by atoms with E-state index in [1.165, 1.54) is 7.11 Å². The van der Waals surface area contributed by atoms with Crippen molar-refractivity contribution in [1.29, 1.82) is 0 Å². The van der Waals surface area contributed by atoms with Crippen LogP contribution in [0.4, 0.5) is 0 Å². The summed E-state index contributed by atoms with van der Waals surface area (Å²) in [6.07, 6.45) is -0.660. The predicted octanol–water partition coefficient (Wildman–Crippen LogP) is 0.594. The SMILES string of the molecule is COc1ccc2c(c1)[C@H](O)[C@H](CO)[C@H](C(=O)O)C2. The molecule has 0 fully saturated rings. The van der Waals surface area contributed by atoms with Crippen LogP contribution in [0.15, 0.2) is 18.2 Å². The Morgan fingerprint density at radius 2 is 2.22 bits per heavy atom. The Morgan fingerprint density at radius 3 is 2.78 bits per heavy atom. The Balaban J connectivity index is 2.42. The number of carboxylic acid groups (broad SMARTS) is 1. The zero-order valence-electron chi connectivity index (χ0n) is 10.0. The normalized spacial score (nSPS) is 26.5. The minimum absolute atomic E-state index is 0.316. The van der Waals surface area contributed by atoms with Gasteiger partial charge in [-0.1, -0.05) is 6.07 Å². The monoisotopic (exact) mass is 252 g/mol. The third-order valence-electron chi connectivity index (χ3n) is 3.56. The number of hydrogen-bond acceptors (Lipinski definition) is 4. The van der Waals surface area contributed by atoms with Crippen LogP contribution in [0, 0.1) is 11.8 Å². The van der Waals surface area contributed by atoms with Gasteiger partial charge in [-0.25, -0.2) is 0 Å². The number of hydrogen-bond donors (Lipinski definition) is 3. The van der Waals surface area contributed by atoms with E-state index in [2.05, 4.69) is 0 Å². The Morgan fingerprint density at radius 1 is 1.50 bits per heavy atom. The minimum Gasteiger partial charge on any atom is -0.497 e. The molecule has 0 saturated heterocycles. The second-order valence-corrected chi connectivity index (χ2v) is 4.50. The smallest absolute Gasteiger partial charge is 0.307 e. The number of fused-ring (bicyclic) bond motifs is 1. The fourth-order valence-corrected chi connectivity index (χ4v) is 2.50. The molecule has 1 aliphatic rings. The van der Waals surface area contributed by atoms with Crippen molar-refractivity contribution in [3.63, 3.8) is 0 Å². The molecule has 3 atom stereocenters. The van der Waals surface area contributed by atoms with Crippen molar-refractivity contribution in [2.24, 2.45) is 11.8 Å². The Kier molecular flexibility index (Phi) is 3.54. The van der Waals surface area contributed by atoms with Gasteiger partial charge in [0.1, 0.15) is 5.75 Å². The molecule has 0 bridgehead atoms. The van der Waals surface area contributed by atoms with Crippen LogP contribution in [0.2, 0.25) is 0 Å². The molecule has 5 heteroatoms. The third kappa shape index (κ3) is 2.07. The number of aliphatic carboxylic acids is 1. The minimum atomic E-state index is -0.991. The van der Waals surface area contributed by atoms with Crippen molar-refractivity contribution in [3.8, 4) is 5.75 Å². The summed E-state index contributed by atoms with van der Waals surface area (Å²) in [5.74, 6) is -1.82. The van der Waals surface area contributed by atoms with Crippen LogP contribution in [-0.4, -0.2) is 35.0 Å². The molecule has 98 valence electrons. The van der Waals surface area contributed by atoms with E-state index >= 15 is 0 Å².